The van der Waals surface area contributed by atoms with Crippen LogP contribution in [0.3, 0.4) is 0 Å². The summed E-state index contributed by atoms with van der Waals surface area (Å²) in [5.41, 5.74) is 4.60. The van der Waals surface area contributed by atoms with Gasteiger partial charge >= 0.3 is 0 Å². The summed E-state index contributed by atoms with van der Waals surface area (Å²) >= 11 is 0. The monoisotopic (exact) mass is 553 g/mol. The van der Waals surface area contributed by atoms with Gasteiger partial charge in [-0.05, 0) is 36.1 Å². The molecule has 3 heterocycles. The minimum Gasteiger partial charge on any atom is -0.373 e. The van der Waals surface area contributed by atoms with Crippen LogP contribution in [0, 0.1) is 0 Å². The molecule has 2 fully saturated rings. The second-order valence-electron chi connectivity index (χ2n) is 9.30. The number of amides is 1. The zero-order valence-electron chi connectivity index (χ0n) is 21.4. The molecule has 1 amide bonds. The fraction of sp³-hybridized carbons (Fsp3) is 0.370. The van der Waals surface area contributed by atoms with Gasteiger partial charge in [0.05, 0.1) is 23.2 Å². The van der Waals surface area contributed by atoms with E-state index in [9.17, 15) is 13.2 Å². The van der Waals surface area contributed by atoms with Crippen molar-refractivity contribution in [1.82, 2.24) is 20.2 Å². The Hall–Kier alpha value is -3.42. The first-order valence-corrected chi connectivity index (χ1v) is 14.4. The Bertz CT molecular complexity index is 1330. The molecule has 2 saturated heterocycles. The van der Waals surface area contributed by atoms with Crippen molar-refractivity contribution >= 4 is 21.9 Å². The van der Waals surface area contributed by atoms with Gasteiger partial charge in [0, 0.05) is 45.1 Å². The van der Waals surface area contributed by atoms with Crippen molar-refractivity contribution in [2.75, 3.05) is 37.7 Å². The maximum absolute atomic E-state index is 12.9. The number of nitrogens with zero attached hydrogens (tertiary/aromatic N) is 3. The number of aromatic nitrogens is 2. The Kier molecular flexibility index (Phi) is 8.79. The number of benzene rings is 2. The topological polar surface area (TPSA) is 132 Å². The molecule has 2 aliphatic rings. The van der Waals surface area contributed by atoms with Crippen molar-refractivity contribution in [3.63, 3.8) is 0 Å². The molecule has 5 rings (SSSR count). The number of carbonyl (C=O) groups excluding carboxylic acids is 1. The highest BCUT2D eigenvalue weighted by molar-refractivity contribution is 7.89. The maximum atomic E-state index is 12.9. The quantitative estimate of drug-likeness (QED) is 0.384. The molecule has 2 aromatic carbocycles. The Morgan fingerprint density at radius 1 is 0.974 bits per heavy atom. The average molecular weight is 554 g/mol. The standard InChI is InChI=1S/C27H31N5O6S/c33-26(31-38-25-8-4-5-14-37-25)22-16-28-27(29-17-22)32-13-15-36-23(19-32)18-30-39(34,35)24-11-9-21(10-12-24)20-6-2-1-3-7-20/h1-3,6-7,9-12,16-17,23,25,30H,4-5,8,13-15,18-19H2,(H,31,33)/t23-,25?/m1/s1. The lowest BCUT2D eigenvalue weighted by atomic mass is 10.1. The predicted molar refractivity (Wildman–Crippen MR) is 143 cm³/mol. The van der Waals surface area contributed by atoms with Crippen molar-refractivity contribution in [2.24, 2.45) is 0 Å². The maximum Gasteiger partial charge on any atom is 0.278 e. The second-order valence-corrected chi connectivity index (χ2v) is 11.1. The van der Waals surface area contributed by atoms with Crippen LogP contribution in [0.25, 0.3) is 11.1 Å². The third kappa shape index (κ3) is 7.16. The third-order valence-corrected chi connectivity index (χ3v) is 7.96. The summed E-state index contributed by atoms with van der Waals surface area (Å²) in [6, 6.07) is 16.5. The summed E-state index contributed by atoms with van der Waals surface area (Å²) in [4.78, 5) is 28.4. The van der Waals surface area contributed by atoms with Gasteiger partial charge in [-0.3, -0.25) is 4.79 Å². The molecule has 0 radical (unpaired) electrons. The zero-order valence-corrected chi connectivity index (χ0v) is 22.2. The zero-order chi connectivity index (χ0) is 27.1. The minimum absolute atomic E-state index is 0.0976. The molecule has 0 spiro atoms. The molecule has 206 valence electrons. The van der Waals surface area contributed by atoms with Crippen LogP contribution in [0.1, 0.15) is 29.6 Å². The van der Waals surface area contributed by atoms with Crippen LogP contribution in [0.15, 0.2) is 71.9 Å². The molecule has 2 aliphatic heterocycles. The SMILES string of the molecule is O=C(NOC1CCCCO1)c1cnc(N2CCO[C@H](CNS(=O)(=O)c3ccc(-c4ccccc4)cc3)C2)nc1. The van der Waals surface area contributed by atoms with Crippen LogP contribution in [-0.4, -0.2) is 69.5 Å². The van der Waals surface area contributed by atoms with Gasteiger partial charge < -0.3 is 14.4 Å². The molecule has 12 heteroatoms. The van der Waals surface area contributed by atoms with Crippen molar-refractivity contribution in [1.29, 1.82) is 0 Å². The summed E-state index contributed by atoms with van der Waals surface area (Å²) in [7, 11) is -3.71. The van der Waals surface area contributed by atoms with Crippen LogP contribution >= 0.6 is 0 Å². The molecule has 0 bridgehead atoms. The van der Waals surface area contributed by atoms with Crippen molar-refractivity contribution in [3.05, 3.63) is 72.6 Å². The number of morpholine rings is 1. The van der Waals surface area contributed by atoms with E-state index in [0.29, 0.717) is 32.3 Å². The molecule has 39 heavy (non-hydrogen) atoms. The van der Waals surface area contributed by atoms with Gasteiger partial charge in [-0.15, -0.1) is 0 Å². The lowest BCUT2D eigenvalue weighted by Crippen LogP contribution is -2.48. The van der Waals surface area contributed by atoms with Crippen LogP contribution in [0.2, 0.25) is 0 Å². The number of anilines is 1. The van der Waals surface area contributed by atoms with E-state index in [4.69, 9.17) is 14.3 Å². The second kappa shape index (κ2) is 12.6. The Labute approximate surface area is 227 Å². The van der Waals surface area contributed by atoms with Gasteiger partial charge in [-0.25, -0.2) is 33.4 Å². The molecule has 0 saturated carbocycles. The van der Waals surface area contributed by atoms with Gasteiger partial charge in [0.1, 0.15) is 0 Å². The minimum atomic E-state index is -3.71. The first-order valence-electron chi connectivity index (χ1n) is 12.9. The molecule has 3 aromatic rings. The van der Waals surface area contributed by atoms with Gasteiger partial charge in [0.25, 0.3) is 5.91 Å². The fourth-order valence-corrected chi connectivity index (χ4v) is 5.42. The normalized spacial score (nSPS) is 19.9. The van der Waals surface area contributed by atoms with E-state index in [0.717, 1.165) is 30.4 Å². The Balaban J connectivity index is 1.12. The molecular formula is C27H31N5O6S. The molecule has 11 nitrogen and oxygen atoms in total. The van der Waals surface area contributed by atoms with Gasteiger partial charge in [-0.1, -0.05) is 42.5 Å². The molecule has 2 N–H and O–H groups in total. The van der Waals surface area contributed by atoms with Gasteiger partial charge in [0.15, 0.2) is 6.29 Å². The van der Waals surface area contributed by atoms with E-state index < -0.39 is 28.3 Å². The van der Waals surface area contributed by atoms with Crippen LogP contribution in [0.5, 0.6) is 0 Å². The van der Waals surface area contributed by atoms with Gasteiger partial charge in [0.2, 0.25) is 16.0 Å². The van der Waals surface area contributed by atoms with Crippen molar-refractivity contribution < 1.29 is 27.5 Å². The van der Waals surface area contributed by atoms with Gasteiger partial charge in [-0.2, -0.15) is 0 Å². The number of ether oxygens (including phenoxy) is 2. The number of hydroxylamine groups is 1. The number of hydrogen-bond donors (Lipinski definition) is 2. The van der Waals surface area contributed by atoms with E-state index in [1.54, 1.807) is 24.3 Å². The van der Waals surface area contributed by atoms with E-state index in [1.165, 1.54) is 12.4 Å². The lowest BCUT2D eigenvalue weighted by molar-refractivity contribution is -0.186. The molecule has 1 unspecified atom stereocenters. The van der Waals surface area contributed by atoms with Crippen LogP contribution in [-0.2, 0) is 24.3 Å². The van der Waals surface area contributed by atoms with Crippen molar-refractivity contribution in [2.45, 2.75) is 36.6 Å². The number of nitrogens with one attached hydrogen (secondary N) is 2. The highest BCUT2D eigenvalue weighted by Gasteiger charge is 2.25. The number of rotatable bonds is 9. The van der Waals surface area contributed by atoms with E-state index >= 15 is 0 Å². The first kappa shape index (κ1) is 27.2. The number of sulfonamides is 1. The number of hydrogen-bond acceptors (Lipinski definition) is 9. The first-order chi connectivity index (χ1) is 19.0. The Morgan fingerprint density at radius 3 is 2.44 bits per heavy atom. The smallest absolute Gasteiger partial charge is 0.278 e. The molecular weight excluding hydrogens is 522 g/mol. The number of carbonyl (C=O) groups is 1. The average Bonchev–Trinajstić information content (AvgIpc) is 3.00. The lowest BCUT2D eigenvalue weighted by Gasteiger charge is -2.33. The van der Waals surface area contributed by atoms with Crippen LogP contribution < -0.4 is 15.1 Å². The highest BCUT2D eigenvalue weighted by atomic mass is 32.2. The largest absolute Gasteiger partial charge is 0.373 e. The third-order valence-electron chi connectivity index (χ3n) is 6.52. The summed E-state index contributed by atoms with van der Waals surface area (Å²) in [5, 5.41) is 0. The molecule has 1 aromatic heterocycles. The predicted octanol–water partition coefficient (Wildman–Crippen LogP) is 2.52. The van der Waals surface area contributed by atoms with E-state index in [-0.39, 0.29) is 17.0 Å². The highest BCUT2D eigenvalue weighted by Crippen LogP contribution is 2.21. The summed E-state index contributed by atoms with van der Waals surface area (Å²) < 4.78 is 39.6. The summed E-state index contributed by atoms with van der Waals surface area (Å²) in [6.07, 6.45) is 4.71. The molecule has 0 aliphatic carbocycles. The molecule has 2 atom stereocenters. The summed E-state index contributed by atoms with van der Waals surface area (Å²) in [5.74, 6) is -0.0301. The fourth-order valence-electron chi connectivity index (χ4n) is 4.35. The van der Waals surface area contributed by atoms with Crippen molar-refractivity contribution in [3.8, 4) is 11.1 Å². The summed E-state index contributed by atoms with van der Waals surface area (Å²) in [6.45, 7) is 2.03. The van der Waals surface area contributed by atoms with Crippen LogP contribution in [0.4, 0.5) is 5.95 Å². The van der Waals surface area contributed by atoms with E-state index in [2.05, 4.69) is 20.2 Å². The van der Waals surface area contributed by atoms with E-state index in [1.807, 2.05) is 35.2 Å². The Morgan fingerprint density at radius 2 is 1.72 bits per heavy atom.